The maximum absolute atomic E-state index is 5.38. The van der Waals surface area contributed by atoms with E-state index in [2.05, 4.69) is 51.9 Å². The Kier molecular flexibility index (Phi) is 6.96. The number of nitrogens with one attached hydrogen (secondary N) is 1. The fourth-order valence-electron chi connectivity index (χ4n) is 3.85. The number of hydrogen-bond donors (Lipinski definition) is 1. The monoisotopic (exact) mass is 284 g/mol. The number of hydrogen-bond acceptors (Lipinski definition) is 3. The first-order valence-electron chi connectivity index (χ1n) is 8.27. The molecule has 0 saturated heterocycles. The van der Waals surface area contributed by atoms with Crippen molar-refractivity contribution in [2.24, 2.45) is 11.3 Å². The zero-order valence-electron chi connectivity index (χ0n) is 14.7. The third-order valence-electron chi connectivity index (χ3n) is 5.18. The van der Waals surface area contributed by atoms with Gasteiger partial charge in [-0.1, -0.05) is 27.7 Å². The summed E-state index contributed by atoms with van der Waals surface area (Å²) in [6, 6.07) is 1.74. The van der Waals surface area contributed by atoms with Gasteiger partial charge in [-0.3, -0.25) is 4.90 Å². The van der Waals surface area contributed by atoms with Crippen LogP contribution in [-0.2, 0) is 4.74 Å². The largest absolute Gasteiger partial charge is 0.383 e. The normalized spacial score (nSPS) is 29.7. The van der Waals surface area contributed by atoms with Crippen molar-refractivity contribution in [3.63, 3.8) is 0 Å². The van der Waals surface area contributed by atoms with Crippen molar-refractivity contribution in [2.45, 2.75) is 72.0 Å². The first kappa shape index (κ1) is 17.9. The molecular formula is C17H36N2O. The van der Waals surface area contributed by atoms with Crippen LogP contribution in [0.1, 0.15) is 53.9 Å². The summed E-state index contributed by atoms with van der Waals surface area (Å²) in [6.07, 6.45) is 3.94. The zero-order valence-corrected chi connectivity index (χ0v) is 14.7. The first-order chi connectivity index (χ1) is 9.35. The van der Waals surface area contributed by atoms with Crippen molar-refractivity contribution < 1.29 is 4.74 Å². The summed E-state index contributed by atoms with van der Waals surface area (Å²) in [5.74, 6) is 0.820. The van der Waals surface area contributed by atoms with Gasteiger partial charge in [-0.25, -0.2) is 0 Å². The van der Waals surface area contributed by atoms with Gasteiger partial charge in [0.05, 0.1) is 6.61 Å². The van der Waals surface area contributed by atoms with E-state index in [4.69, 9.17) is 4.74 Å². The highest BCUT2D eigenvalue weighted by molar-refractivity contribution is 4.94. The van der Waals surface area contributed by atoms with Crippen LogP contribution in [-0.4, -0.2) is 50.3 Å². The van der Waals surface area contributed by atoms with Gasteiger partial charge in [-0.15, -0.1) is 0 Å². The summed E-state index contributed by atoms with van der Waals surface area (Å²) in [7, 11) is 3.92. The molecule has 1 rings (SSSR count). The minimum Gasteiger partial charge on any atom is -0.383 e. The van der Waals surface area contributed by atoms with Crippen LogP contribution in [0.4, 0.5) is 0 Å². The van der Waals surface area contributed by atoms with Crippen molar-refractivity contribution in [3.8, 4) is 0 Å². The molecule has 1 fully saturated rings. The minimum atomic E-state index is 0.418. The van der Waals surface area contributed by atoms with Crippen molar-refractivity contribution in [1.29, 1.82) is 0 Å². The van der Waals surface area contributed by atoms with Crippen LogP contribution < -0.4 is 5.32 Å². The fourth-order valence-corrected chi connectivity index (χ4v) is 3.85. The molecule has 0 radical (unpaired) electrons. The van der Waals surface area contributed by atoms with Gasteiger partial charge in [0.2, 0.25) is 0 Å². The lowest BCUT2D eigenvalue weighted by molar-refractivity contribution is 0.0167. The Morgan fingerprint density at radius 2 is 1.95 bits per heavy atom. The van der Waals surface area contributed by atoms with Crippen LogP contribution >= 0.6 is 0 Å². The summed E-state index contributed by atoms with van der Waals surface area (Å²) in [6.45, 7) is 13.7. The molecule has 4 unspecified atom stereocenters. The Bertz CT molecular complexity index is 275. The van der Waals surface area contributed by atoms with E-state index in [0.717, 1.165) is 19.1 Å². The molecule has 3 heteroatoms. The smallest absolute Gasteiger partial charge is 0.0615 e. The van der Waals surface area contributed by atoms with Crippen molar-refractivity contribution in [1.82, 2.24) is 10.2 Å². The van der Waals surface area contributed by atoms with Gasteiger partial charge in [-0.05, 0) is 51.1 Å². The second-order valence-corrected chi connectivity index (χ2v) is 7.47. The molecule has 3 nitrogen and oxygen atoms in total. The molecule has 1 N–H and O–H groups in total. The first-order valence-corrected chi connectivity index (χ1v) is 8.27. The fraction of sp³-hybridized carbons (Fsp3) is 1.00. The van der Waals surface area contributed by atoms with E-state index in [9.17, 15) is 0 Å². The standard InChI is InChI=1S/C17H36N2O/c1-8-19(13(2)12-20-7)16-11-14(17(3,4)5)9-10-15(16)18-6/h13-16,18H,8-12H2,1-7H3. The zero-order chi connectivity index (χ0) is 15.3. The molecule has 120 valence electrons. The van der Waals surface area contributed by atoms with Crippen LogP contribution in [0.15, 0.2) is 0 Å². The van der Waals surface area contributed by atoms with E-state index in [-0.39, 0.29) is 0 Å². The van der Waals surface area contributed by atoms with Gasteiger partial charge >= 0.3 is 0 Å². The van der Waals surface area contributed by atoms with Crippen LogP contribution in [0.5, 0.6) is 0 Å². The summed E-state index contributed by atoms with van der Waals surface area (Å²) >= 11 is 0. The van der Waals surface area contributed by atoms with Gasteiger partial charge in [0.1, 0.15) is 0 Å². The van der Waals surface area contributed by atoms with Crippen LogP contribution in [0.3, 0.4) is 0 Å². The molecule has 0 spiro atoms. The summed E-state index contributed by atoms with van der Waals surface area (Å²) < 4.78 is 5.38. The lowest BCUT2D eigenvalue weighted by Gasteiger charge is -2.47. The predicted octanol–water partition coefficient (Wildman–Crippen LogP) is 3.15. The quantitative estimate of drug-likeness (QED) is 0.811. The number of likely N-dealkylation sites (N-methyl/N-ethyl adjacent to an activating group) is 2. The summed E-state index contributed by atoms with van der Waals surface area (Å²) in [5, 5.41) is 3.56. The highest BCUT2D eigenvalue weighted by Gasteiger charge is 2.38. The molecule has 0 aromatic rings. The van der Waals surface area contributed by atoms with Gasteiger partial charge in [0.15, 0.2) is 0 Å². The SMILES string of the molecule is CCN(C(C)COC)C1CC(C(C)(C)C)CCC1NC. The summed E-state index contributed by atoms with van der Waals surface area (Å²) in [4.78, 5) is 2.64. The second-order valence-electron chi connectivity index (χ2n) is 7.47. The Labute approximate surface area is 126 Å². The molecule has 0 bridgehead atoms. The molecule has 0 heterocycles. The van der Waals surface area contributed by atoms with Crippen molar-refractivity contribution >= 4 is 0 Å². The lowest BCUT2D eigenvalue weighted by Crippen LogP contribution is -2.56. The summed E-state index contributed by atoms with van der Waals surface area (Å²) in [5.41, 5.74) is 0.418. The van der Waals surface area contributed by atoms with E-state index in [1.165, 1.54) is 19.3 Å². The van der Waals surface area contributed by atoms with E-state index >= 15 is 0 Å². The molecule has 0 aliphatic heterocycles. The average Bonchev–Trinajstić information content (AvgIpc) is 2.38. The predicted molar refractivity (Wildman–Crippen MR) is 87.1 cm³/mol. The Balaban J connectivity index is 2.83. The molecule has 1 aliphatic rings. The molecule has 0 amide bonds. The lowest BCUT2D eigenvalue weighted by atomic mass is 9.69. The molecule has 4 atom stereocenters. The number of methoxy groups -OCH3 is 1. The molecule has 0 aromatic carbocycles. The molecular weight excluding hydrogens is 248 g/mol. The minimum absolute atomic E-state index is 0.418. The Morgan fingerprint density at radius 3 is 2.40 bits per heavy atom. The maximum atomic E-state index is 5.38. The van der Waals surface area contributed by atoms with E-state index < -0.39 is 0 Å². The number of nitrogens with zero attached hydrogens (tertiary/aromatic N) is 1. The molecule has 1 aliphatic carbocycles. The van der Waals surface area contributed by atoms with Crippen molar-refractivity contribution in [3.05, 3.63) is 0 Å². The Morgan fingerprint density at radius 1 is 1.30 bits per heavy atom. The third kappa shape index (κ3) is 4.44. The van der Waals surface area contributed by atoms with Gasteiger partial charge < -0.3 is 10.1 Å². The second kappa shape index (κ2) is 7.77. The van der Waals surface area contributed by atoms with Gasteiger partial charge in [0, 0.05) is 25.2 Å². The van der Waals surface area contributed by atoms with Gasteiger partial charge in [-0.2, -0.15) is 0 Å². The third-order valence-corrected chi connectivity index (χ3v) is 5.18. The highest BCUT2D eigenvalue weighted by Crippen LogP contribution is 2.39. The van der Waals surface area contributed by atoms with Crippen LogP contribution in [0.2, 0.25) is 0 Å². The number of ether oxygens (including phenoxy) is 1. The highest BCUT2D eigenvalue weighted by atomic mass is 16.5. The molecule has 0 aromatic heterocycles. The molecule has 20 heavy (non-hydrogen) atoms. The van der Waals surface area contributed by atoms with E-state index in [1.807, 2.05) is 0 Å². The van der Waals surface area contributed by atoms with E-state index in [1.54, 1.807) is 7.11 Å². The molecule has 1 saturated carbocycles. The van der Waals surface area contributed by atoms with E-state index in [0.29, 0.717) is 23.5 Å². The Hall–Kier alpha value is -0.120. The topological polar surface area (TPSA) is 24.5 Å². The van der Waals surface area contributed by atoms with Crippen LogP contribution in [0.25, 0.3) is 0 Å². The average molecular weight is 284 g/mol. The number of rotatable bonds is 6. The van der Waals surface area contributed by atoms with Crippen LogP contribution in [0, 0.1) is 11.3 Å². The van der Waals surface area contributed by atoms with Gasteiger partial charge in [0.25, 0.3) is 0 Å². The maximum Gasteiger partial charge on any atom is 0.0615 e. The van der Waals surface area contributed by atoms with Crippen molar-refractivity contribution in [2.75, 3.05) is 27.3 Å².